The molecule has 0 saturated heterocycles. The number of hydrogen-bond donors (Lipinski definition) is 3. The molecule has 0 radical (unpaired) electrons. The van der Waals surface area contributed by atoms with Crippen LogP contribution in [0.2, 0.25) is 10.0 Å². The number of halogens is 2. The number of urea groups is 1. The summed E-state index contributed by atoms with van der Waals surface area (Å²) in [6.07, 6.45) is 0.346. The summed E-state index contributed by atoms with van der Waals surface area (Å²) in [4.78, 5) is 22.8. The Morgan fingerprint density at radius 1 is 1.20 bits per heavy atom. The molecule has 0 fully saturated rings. The molecule has 2 amide bonds. The largest absolute Gasteiger partial charge is 0.480 e. The minimum absolute atomic E-state index is 0.150. The Balaban J connectivity index is 2.68. The van der Waals surface area contributed by atoms with Crippen LogP contribution < -0.4 is 10.6 Å². The van der Waals surface area contributed by atoms with E-state index in [1.807, 2.05) is 13.8 Å². The molecule has 110 valence electrons. The number of rotatable bonds is 5. The highest BCUT2D eigenvalue weighted by atomic mass is 35.5. The van der Waals surface area contributed by atoms with Crippen LogP contribution in [0.5, 0.6) is 0 Å². The van der Waals surface area contributed by atoms with Crippen molar-refractivity contribution in [2.45, 2.75) is 26.3 Å². The first-order chi connectivity index (χ1) is 9.27. The summed E-state index contributed by atoms with van der Waals surface area (Å²) in [7, 11) is 0. The average molecular weight is 319 g/mol. The van der Waals surface area contributed by atoms with E-state index in [0.717, 1.165) is 0 Å². The van der Waals surface area contributed by atoms with E-state index in [9.17, 15) is 9.59 Å². The molecule has 0 bridgehead atoms. The Labute approximate surface area is 127 Å². The average Bonchev–Trinajstić information content (AvgIpc) is 2.25. The summed E-state index contributed by atoms with van der Waals surface area (Å²) in [5.41, 5.74) is 0.397. The molecule has 1 aromatic carbocycles. The van der Waals surface area contributed by atoms with Crippen molar-refractivity contribution in [1.82, 2.24) is 5.32 Å². The predicted molar refractivity (Wildman–Crippen MR) is 79.5 cm³/mol. The van der Waals surface area contributed by atoms with Crippen molar-refractivity contribution in [3.8, 4) is 0 Å². The third kappa shape index (κ3) is 5.67. The maximum absolute atomic E-state index is 11.8. The van der Waals surface area contributed by atoms with Crippen molar-refractivity contribution >= 4 is 40.9 Å². The fourth-order valence-electron chi connectivity index (χ4n) is 1.64. The Bertz CT molecular complexity index is 486. The Hall–Kier alpha value is -1.46. The summed E-state index contributed by atoms with van der Waals surface area (Å²) in [6, 6.07) is 3.02. The summed E-state index contributed by atoms with van der Waals surface area (Å²) in [5.74, 6) is -0.921. The molecule has 0 aliphatic heterocycles. The maximum Gasteiger partial charge on any atom is 0.326 e. The van der Waals surface area contributed by atoms with Gasteiger partial charge in [-0.25, -0.2) is 9.59 Å². The topological polar surface area (TPSA) is 78.4 Å². The highest BCUT2D eigenvalue weighted by Gasteiger charge is 2.21. The fraction of sp³-hybridized carbons (Fsp3) is 0.385. The highest BCUT2D eigenvalue weighted by molar-refractivity contribution is 6.35. The van der Waals surface area contributed by atoms with E-state index in [0.29, 0.717) is 22.2 Å². The smallest absolute Gasteiger partial charge is 0.326 e. The molecular formula is C13H16Cl2N2O3. The van der Waals surface area contributed by atoms with Crippen LogP contribution in [0.1, 0.15) is 20.3 Å². The zero-order valence-corrected chi connectivity index (χ0v) is 12.6. The lowest BCUT2D eigenvalue weighted by Gasteiger charge is -2.17. The highest BCUT2D eigenvalue weighted by Crippen LogP contribution is 2.22. The van der Waals surface area contributed by atoms with E-state index in [2.05, 4.69) is 10.6 Å². The monoisotopic (exact) mass is 318 g/mol. The normalized spacial score (nSPS) is 12.1. The molecule has 1 rings (SSSR count). The number of carboxylic acids is 1. The number of carbonyl (C=O) groups excluding carboxylic acids is 1. The van der Waals surface area contributed by atoms with Crippen molar-refractivity contribution in [2.75, 3.05) is 5.32 Å². The lowest BCUT2D eigenvalue weighted by atomic mass is 10.0. The van der Waals surface area contributed by atoms with Crippen LogP contribution in [0.25, 0.3) is 0 Å². The fourth-order valence-corrected chi connectivity index (χ4v) is 2.17. The number of benzene rings is 1. The van der Waals surface area contributed by atoms with Crippen LogP contribution in [0.4, 0.5) is 10.5 Å². The third-order valence-corrected chi connectivity index (χ3v) is 2.87. The first-order valence-corrected chi connectivity index (χ1v) is 6.80. The molecule has 1 atom stereocenters. The number of aliphatic carboxylic acids is 1. The van der Waals surface area contributed by atoms with Crippen molar-refractivity contribution in [1.29, 1.82) is 0 Å². The van der Waals surface area contributed by atoms with Gasteiger partial charge in [0, 0.05) is 15.7 Å². The van der Waals surface area contributed by atoms with Gasteiger partial charge in [-0.2, -0.15) is 0 Å². The Kier molecular flexibility index (Phi) is 6.10. The van der Waals surface area contributed by atoms with E-state index >= 15 is 0 Å². The van der Waals surface area contributed by atoms with Crippen molar-refractivity contribution in [3.05, 3.63) is 28.2 Å². The van der Waals surface area contributed by atoms with E-state index in [1.54, 1.807) is 0 Å². The van der Waals surface area contributed by atoms with Crippen molar-refractivity contribution in [2.24, 2.45) is 5.92 Å². The van der Waals surface area contributed by atoms with E-state index in [-0.39, 0.29) is 5.92 Å². The molecule has 3 N–H and O–H groups in total. The van der Waals surface area contributed by atoms with Crippen LogP contribution in [-0.2, 0) is 4.79 Å². The standard InChI is InChI=1S/C13H16Cl2N2O3/c1-7(2)3-11(12(18)19)17-13(20)16-10-5-8(14)4-9(15)6-10/h4-7,11H,3H2,1-2H3,(H,18,19)(H2,16,17,20). The van der Waals surface area contributed by atoms with Crippen LogP contribution in [0.15, 0.2) is 18.2 Å². The molecule has 0 aliphatic rings. The molecule has 1 aromatic rings. The Morgan fingerprint density at radius 3 is 2.20 bits per heavy atom. The van der Waals surface area contributed by atoms with Gasteiger partial charge in [-0.3, -0.25) is 0 Å². The molecule has 0 spiro atoms. The molecule has 20 heavy (non-hydrogen) atoms. The number of carbonyl (C=O) groups is 2. The van der Waals surface area contributed by atoms with Crippen LogP contribution >= 0.6 is 23.2 Å². The van der Waals surface area contributed by atoms with E-state index in [4.69, 9.17) is 28.3 Å². The van der Waals surface area contributed by atoms with Gasteiger partial charge in [0.05, 0.1) is 0 Å². The van der Waals surface area contributed by atoms with Gasteiger partial charge in [0.15, 0.2) is 0 Å². The van der Waals surface area contributed by atoms with Gasteiger partial charge in [-0.05, 0) is 30.5 Å². The van der Waals surface area contributed by atoms with Gasteiger partial charge < -0.3 is 15.7 Å². The van der Waals surface area contributed by atoms with Crippen LogP contribution in [-0.4, -0.2) is 23.1 Å². The Morgan fingerprint density at radius 2 is 1.75 bits per heavy atom. The van der Waals surface area contributed by atoms with E-state index < -0.39 is 18.0 Å². The van der Waals surface area contributed by atoms with Gasteiger partial charge >= 0.3 is 12.0 Å². The summed E-state index contributed by atoms with van der Waals surface area (Å²) >= 11 is 11.6. The minimum Gasteiger partial charge on any atom is -0.480 e. The number of carboxylic acid groups (broad SMARTS) is 1. The van der Waals surface area contributed by atoms with Crippen molar-refractivity contribution in [3.63, 3.8) is 0 Å². The molecule has 0 heterocycles. The first kappa shape index (κ1) is 16.6. The molecular weight excluding hydrogens is 303 g/mol. The van der Waals surface area contributed by atoms with Gasteiger partial charge in [0.1, 0.15) is 6.04 Å². The molecule has 1 unspecified atom stereocenters. The van der Waals surface area contributed by atoms with Gasteiger partial charge in [0.25, 0.3) is 0 Å². The zero-order chi connectivity index (χ0) is 15.3. The molecule has 0 saturated carbocycles. The molecule has 0 aliphatic carbocycles. The number of hydrogen-bond acceptors (Lipinski definition) is 2. The number of anilines is 1. The van der Waals surface area contributed by atoms with Gasteiger partial charge in [-0.15, -0.1) is 0 Å². The van der Waals surface area contributed by atoms with Gasteiger partial charge in [-0.1, -0.05) is 37.0 Å². The molecule has 7 heteroatoms. The second-order valence-corrected chi connectivity index (χ2v) is 5.65. The third-order valence-electron chi connectivity index (χ3n) is 2.43. The van der Waals surface area contributed by atoms with Crippen molar-refractivity contribution < 1.29 is 14.7 Å². The lowest BCUT2D eigenvalue weighted by molar-refractivity contribution is -0.139. The van der Waals surface area contributed by atoms with Crippen LogP contribution in [0, 0.1) is 5.92 Å². The molecule has 5 nitrogen and oxygen atoms in total. The minimum atomic E-state index is -1.07. The van der Waals surface area contributed by atoms with Crippen LogP contribution in [0.3, 0.4) is 0 Å². The predicted octanol–water partition coefficient (Wildman–Crippen LogP) is 3.61. The number of nitrogens with one attached hydrogen (secondary N) is 2. The quantitative estimate of drug-likeness (QED) is 0.775. The lowest BCUT2D eigenvalue weighted by Crippen LogP contribution is -2.43. The molecule has 0 aromatic heterocycles. The summed E-state index contributed by atoms with van der Waals surface area (Å²) in [5, 5.41) is 14.7. The first-order valence-electron chi connectivity index (χ1n) is 6.04. The second kappa shape index (κ2) is 7.36. The summed E-state index contributed by atoms with van der Waals surface area (Å²) in [6.45, 7) is 3.76. The SMILES string of the molecule is CC(C)CC(NC(=O)Nc1cc(Cl)cc(Cl)c1)C(=O)O. The maximum atomic E-state index is 11.8. The zero-order valence-electron chi connectivity index (χ0n) is 11.1. The number of amides is 2. The van der Waals surface area contributed by atoms with E-state index in [1.165, 1.54) is 18.2 Å². The van der Waals surface area contributed by atoms with Gasteiger partial charge in [0.2, 0.25) is 0 Å². The second-order valence-electron chi connectivity index (χ2n) is 4.78. The summed E-state index contributed by atoms with van der Waals surface area (Å²) < 4.78 is 0.